The van der Waals surface area contributed by atoms with E-state index < -0.39 is 0 Å². The molecule has 20 heavy (non-hydrogen) atoms. The molecule has 0 saturated heterocycles. The van der Waals surface area contributed by atoms with E-state index in [1.54, 1.807) is 0 Å². The number of benzene rings is 3. The molecular weight excluding hydrogens is 244 g/mol. The lowest BCUT2D eigenvalue weighted by molar-refractivity contribution is 0.103. The monoisotopic (exact) mass is 259 g/mol. The standard InChI is InChI=1S/C13H10O.C6H5/c14-13(11-7-3-1-4-8-11)12-9-5-2-6-10-12;1-2-4-6-5-3-1/h1-10H;1-5H. The van der Waals surface area contributed by atoms with Crippen LogP contribution in [0.5, 0.6) is 0 Å². The van der Waals surface area contributed by atoms with Crippen molar-refractivity contribution in [3.63, 3.8) is 0 Å². The van der Waals surface area contributed by atoms with Crippen molar-refractivity contribution < 1.29 is 4.79 Å². The molecule has 0 bridgehead atoms. The predicted molar refractivity (Wildman–Crippen MR) is 81.6 cm³/mol. The summed E-state index contributed by atoms with van der Waals surface area (Å²) in [4.78, 5) is 11.8. The molecule has 0 spiro atoms. The van der Waals surface area contributed by atoms with Crippen molar-refractivity contribution >= 4 is 5.78 Å². The average molecular weight is 259 g/mol. The van der Waals surface area contributed by atoms with Crippen molar-refractivity contribution in [1.82, 2.24) is 0 Å². The van der Waals surface area contributed by atoms with Gasteiger partial charge in [-0.25, -0.2) is 0 Å². The third kappa shape index (κ3) is 4.21. The van der Waals surface area contributed by atoms with Crippen LogP contribution in [0.3, 0.4) is 0 Å². The van der Waals surface area contributed by atoms with Gasteiger partial charge in [-0.15, -0.1) is 0 Å². The molecular formula is C19H15O. The van der Waals surface area contributed by atoms with Crippen LogP contribution in [0.2, 0.25) is 0 Å². The minimum atomic E-state index is 0.0752. The molecule has 1 heteroatoms. The van der Waals surface area contributed by atoms with Crippen molar-refractivity contribution in [2.75, 3.05) is 0 Å². The first-order valence-electron chi connectivity index (χ1n) is 6.44. The highest BCUT2D eigenvalue weighted by atomic mass is 16.1. The summed E-state index contributed by atoms with van der Waals surface area (Å²) in [7, 11) is 0. The maximum atomic E-state index is 11.8. The van der Waals surface area contributed by atoms with Gasteiger partial charge in [0.2, 0.25) is 0 Å². The van der Waals surface area contributed by atoms with Gasteiger partial charge in [-0.1, -0.05) is 91.0 Å². The Hall–Kier alpha value is -2.67. The molecule has 0 saturated carbocycles. The topological polar surface area (TPSA) is 17.1 Å². The lowest BCUT2D eigenvalue weighted by Gasteiger charge is -1.99. The summed E-state index contributed by atoms with van der Waals surface area (Å²) in [6.45, 7) is 0. The first kappa shape index (κ1) is 13.8. The van der Waals surface area contributed by atoms with E-state index in [0.717, 1.165) is 11.1 Å². The van der Waals surface area contributed by atoms with Crippen LogP contribution >= 0.6 is 0 Å². The van der Waals surface area contributed by atoms with E-state index in [-0.39, 0.29) is 5.78 Å². The van der Waals surface area contributed by atoms with Crippen LogP contribution in [0.4, 0.5) is 0 Å². The summed E-state index contributed by atoms with van der Waals surface area (Å²) in [6.07, 6.45) is 0. The van der Waals surface area contributed by atoms with Crippen LogP contribution in [0, 0.1) is 6.07 Å². The third-order valence-corrected chi connectivity index (χ3v) is 2.68. The van der Waals surface area contributed by atoms with Crippen molar-refractivity contribution in [1.29, 1.82) is 0 Å². The highest BCUT2D eigenvalue weighted by molar-refractivity contribution is 6.08. The summed E-state index contributed by atoms with van der Waals surface area (Å²) < 4.78 is 0. The quantitative estimate of drug-likeness (QED) is 0.623. The molecule has 0 atom stereocenters. The van der Waals surface area contributed by atoms with Crippen LogP contribution in [0.25, 0.3) is 0 Å². The highest BCUT2D eigenvalue weighted by Gasteiger charge is 2.06. The lowest BCUT2D eigenvalue weighted by atomic mass is 10.0. The molecule has 1 nitrogen and oxygen atoms in total. The Labute approximate surface area is 119 Å². The van der Waals surface area contributed by atoms with Crippen LogP contribution < -0.4 is 0 Å². The Morgan fingerprint density at radius 2 is 1.00 bits per heavy atom. The molecule has 3 rings (SSSR count). The summed E-state index contributed by atoms with van der Waals surface area (Å²) in [5.41, 5.74) is 1.47. The normalized spacial score (nSPS) is 9.20. The zero-order valence-corrected chi connectivity index (χ0v) is 11.1. The van der Waals surface area contributed by atoms with Gasteiger partial charge >= 0.3 is 0 Å². The minimum absolute atomic E-state index is 0.0752. The lowest BCUT2D eigenvalue weighted by Crippen LogP contribution is -1.99. The average Bonchev–Trinajstić information content (AvgIpc) is 2.58. The Morgan fingerprint density at radius 3 is 1.30 bits per heavy atom. The molecule has 0 aliphatic heterocycles. The molecule has 3 aromatic rings. The zero-order valence-electron chi connectivity index (χ0n) is 11.1. The first-order valence-corrected chi connectivity index (χ1v) is 6.44. The van der Waals surface area contributed by atoms with Crippen LogP contribution in [-0.4, -0.2) is 5.78 Å². The smallest absolute Gasteiger partial charge is 0.193 e. The molecule has 0 amide bonds. The number of hydrogen-bond acceptors (Lipinski definition) is 1. The number of carbonyl (C=O) groups is 1. The van der Waals surface area contributed by atoms with Gasteiger partial charge in [0.05, 0.1) is 0 Å². The fourth-order valence-corrected chi connectivity index (χ4v) is 1.69. The summed E-state index contributed by atoms with van der Waals surface area (Å²) in [5.74, 6) is 0.0752. The number of carbonyl (C=O) groups excluding carboxylic acids is 1. The molecule has 0 fully saturated rings. The Kier molecular flexibility index (Phi) is 5.29. The largest absolute Gasteiger partial charge is 0.289 e. The molecule has 1 radical (unpaired) electrons. The molecule has 0 N–H and O–H groups in total. The van der Waals surface area contributed by atoms with E-state index in [1.165, 1.54) is 0 Å². The number of rotatable bonds is 2. The third-order valence-electron chi connectivity index (χ3n) is 2.68. The molecule has 0 heterocycles. The predicted octanol–water partition coefficient (Wildman–Crippen LogP) is 4.40. The number of hydrogen-bond donors (Lipinski definition) is 0. The van der Waals surface area contributed by atoms with Gasteiger partial charge in [0.1, 0.15) is 0 Å². The van der Waals surface area contributed by atoms with Crippen LogP contribution in [0.1, 0.15) is 15.9 Å². The Morgan fingerprint density at radius 1 is 0.600 bits per heavy atom. The van der Waals surface area contributed by atoms with Gasteiger partial charge < -0.3 is 0 Å². The molecule has 0 aromatic heterocycles. The van der Waals surface area contributed by atoms with E-state index >= 15 is 0 Å². The van der Waals surface area contributed by atoms with Gasteiger partial charge in [0, 0.05) is 11.1 Å². The summed E-state index contributed by atoms with van der Waals surface area (Å²) in [5, 5.41) is 0. The van der Waals surface area contributed by atoms with Gasteiger partial charge in [-0.2, -0.15) is 0 Å². The molecule has 0 aliphatic rings. The molecule has 0 aliphatic carbocycles. The van der Waals surface area contributed by atoms with E-state index in [4.69, 9.17) is 0 Å². The maximum Gasteiger partial charge on any atom is 0.193 e. The van der Waals surface area contributed by atoms with Crippen molar-refractivity contribution in [3.8, 4) is 0 Å². The van der Waals surface area contributed by atoms with Crippen LogP contribution in [0.15, 0.2) is 91.0 Å². The van der Waals surface area contributed by atoms with Crippen LogP contribution in [-0.2, 0) is 0 Å². The number of ketones is 1. The zero-order chi connectivity index (χ0) is 14.0. The second-order valence-electron chi connectivity index (χ2n) is 4.14. The highest BCUT2D eigenvalue weighted by Crippen LogP contribution is 2.08. The summed E-state index contributed by atoms with van der Waals surface area (Å²) in [6, 6.07) is 31.1. The van der Waals surface area contributed by atoms with Crippen molar-refractivity contribution in [2.45, 2.75) is 0 Å². The summed E-state index contributed by atoms with van der Waals surface area (Å²) >= 11 is 0. The van der Waals surface area contributed by atoms with E-state index in [2.05, 4.69) is 6.07 Å². The van der Waals surface area contributed by atoms with Crippen molar-refractivity contribution in [2.24, 2.45) is 0 Å². The van der Waals surface area contributed by atoms with E-state index in [1.807, 2.05) is 91.0 Å². The molecule has 3 aromatic carbocycles. The second-order valence-corrected chi connectivity index (χ2v) is 4.14. The van der Waals surface area contributed by atoms with E-state index in [0.29, 0.717) is 0 Å². The van der Waals surface area contributed by atoms with Gasteiger partial charge in [-0.3, -0.25) is 4.79 Å². The molecule has 0 unspecified atom stereocenters. The fourth-order valence-electron chi connectivity index (χ4n) is 1.69. The second kappa shape index (κ2) is 7.70. The maximum absolute atomic E-state index is 11.8. The fraction of sp³-hybridized carbons (Fsp3) is 0. The van der Waals surface area contributed by atoms with E-state index in [9.17, 15) is 4.79 Å². The SMILES string of the molecule is O=C(c1ccccc1)c1ccccc1.[c]1ccccc1. The van der Waals surface area contributed by atoms with Gasteiger partial charge in [0.25, 0.3) is 0 Å². The Bertz CT molecular complexity index is 547. The minimum Gasteiger partial charge on any atom is -0.289 e. The first-order chi connectivity index (χ1) is 9.88. The molecule has 97 valence electrons. The van der Waals surface area contributed by atoms with Crippen molar-refractivity contribution in [3.05, 3.63) is 108 Å². The van der Waals surface area contributed by atoms with Gasteiger partial charge in [-0.05, 0) is 6.07 Å². The Balaban J connectivity index is 0.000000205. The van der Waals surface area contributed by atoms with Gasteiger partial charge in [0.15, 0.2) is 5.78 Å².